The van der Waals surface area contributed by atoms with Gasteiger partial charge in [0.05, 0.1) is 30.3 Å². The topological polar surface area (TPSA) is 51.2 Å². The van der Waals surface area contributed by atoms with Crippen LogP contribution in [0.4, 0.5) is 0 Å². The minimum atomic E-state index is -0.0263. The van der Waals surface area contributed by atoms with Gasteiger partial charge in [-0.3, -0.25) is 4.79 Å². The lowest BCUT2D eigenvalue weighted by atomic mass is 10.3. The summed E-state index contributed by atoms with van der Waals surface area (Å²) in [6.45, 7) is 2.81. The van der Waals surface area contributed by atoms with E-state index in [1.165, 1.54) is 0 Å². The Hall–Kier alpha value is -1.88. The molecular formula is C14H16N2O2S. The Balaban J connectivity index is 1.65. The van der Waals surface area contributed by atoms with E-state index in [0.717, 1.165) is 16.5 Å². The molecule has 0 saturated carbocycles. The van der Waals surface area contributed by atoms with Crippen LogP contribution >= 0.6 is 11.3 Å². The number of aromatic nitrogens is 1. The normalized spacial score (nSPS) is 10.2. The third kappa shape index (κ3) is 4.71. The highest BCUT2D eigenvalue weighted by molar-refractivity contribution is 7.09. The van der Waals surface area contributed by atoms with Gasteiger partial charge in [0, 0.05) is 5.38 Å². The largest absolute Gasteiger partial charge is 0.493 e. The molecule has 4 nitrogen and oxygen atoms in total. The molecule has 100 valence electrons. The first-order chi connectivity index (χ1) is 9.24. The highest BCUT2D eigenvalue weighted by Gasteiger charge is 2.03. The maximum atomic E-state index is 11.6. The van der Waals surface area contributed by atoms with E-state index in [9.17, 15) is 4.79 Å². The van der Waals surface area contributed by atoms with Crippen LogP contribution in [0.25, 0.3) is 0 Å². The highest BCUT2D eigenvalue weighted by Crippen LogP contribution is 2.09. The second-order valence-corrected chi connectivity index (χ2v) is 5.11. The third-order valence-corrected chi connectivity index (χ3v) is 3.30. The number of carbonyl (C=O) groups excluding carboxylic acids is 1. The van der Waals surface area contributed by atoms with Gasteiger partial charge in [0.2, 0.25) is 5.91 Å². The molecule has 1 amide bonds. The van der Waals surface area contributed by atoms with Gasteiger partial charge in [-0.25, -0.2) is 4.98 Å². The molecule has 1 aromatic carbocycles. The van der Waals surface area contributed by atoms with E-state index in [2.05, 4.69) is 10.3 Å². The van der Waals surface area contributed by atoms with Crippen LogP contribution in [0.5, 0.6) is 5.75 Å². The Bertz CT molecular complexity index is 525. The zero-order chi connectivity index (χ0) is 13.5. The molecule has 2 rings (SSSR count). The van der Waals surface area contributed by atoms with Crippen LogP contribution in [-0.4, -0.2) is 17.5 Å². The van der Waals surface area contributed by atoms with E-state index in [-0.39, 0.29) is 5.91 Å². The zero-order valence-corrected chi connectivity index (χ0v) is 11.6. The van der Waals surface area contributed by atoms with Crippen molar-refractivity contribution in [3.05, 3.63) is 46.4 Å². The molecule has 0 atom stereocenters. The summed E-state index contributed by atoms with van der Waals surface area (Å²) >= 11 is 1.58. The van der Waals surface area contributed by atoms with E-state index in [1.807, 2.05) is 42.6 Å². The van der Waals surface area contributed by atoms with E-state index in [1.54, 1.807) is 11.3 Å². The fourth-order valence-electron chi connectivity index (χ4n) is 1.55. The number of rotatable bonds is 6. The van der Waals surface area contributed by atoms with Crippen LogP contribution in [0, 0.1) is 6.92 Å². The smallest absolute Gasteiger partial charge is 0.223 e. The predicted molar refractivity (Wildman–Crippen MR) is 75.3 cm³/mol. The maximum Gasteiger partial charge on any atom is 0.223 e. The summed E-state index contributed by atoms with van der Waals surface area (Å²) in [5.41, 5.74) is 0.903. The van der Waals surface area contributed by atoms with Crippen molar-refractivity contribution in [3.63, 3.8) is 0 Å². The summed E-state index contributed by atoms with van der Waals surface area (Å²) in [4.78, 5) is 15.9. The average Bonchev–Trinajstić information content (AvgIpc) is 2.83. The first-order valence-corrected chi connectivity index (χ1v) is 6.97. The van der Waals surface area contributed by atoms with Gasteiger partial charge >= 0.3 is 0 Å². The second kappa shape index (κ2) is 6.89. The van der Waals surface area contributed by atoms with Gasteiger partial charge < -0.3 is 10.1 Å². The molecule has 2 aromatic rings. The number of aryl methyl sites for hydroxylation is 1. The van der Waals surface area contributed by atoms with Crippen LogP contribution in [-0.2, 0) is 11.3 Å². The van der Waals surface area contributed by atoms with Crippen molar-refractivity contribution in [3.8, 4) is 5.75 Å². The fraction of sp³-hybridized carbons (Fsp3) is 0.286. The van der Waals surface area contributed by atoms with Crippen molar-refractivity contribution in [2.75, 3.05) is 6.61 Å². The number of hydrogen-bond donors (Lipinski definition) is 1. The van der Waals surface area contributed by atoms with Gasteiger partial charge in [-0.1, -0.05) is 18.2 Å². The molecule has 0 bridgehead atoms. The number of hydrogen-bond acceptors (Lipinski definition) is 4. The van der Waals surface area contributed by atoms with Crippen molar-refractivity contribution in [1.29, 1.82) is 0 Å². The zero-order valence-electron chi connectivity index (χ0n) is 10.8. The Labute approximate surface area is 116 Å². The van der Waals surface area contributed by atoms with Gasteiger partial charge in [0.15, 0.2) is 0 Å². The standard InChI is InChI=1S/C14H16N2O2S/c1-11-16-12(10-19-11)9-15-14(17)7-8-18-13-5-3-2-4-6-13/h2-6,10H,7-9H2,1H3,(H,15,17). The molecule has 0 fully saturated rings. The van der Waals surface area contributed by atoms with E-state index in [0.29, 0.717) is 19.6 Å². The summed E-state index contributed by atoms with van der Waals surface area (Å²) in [6.07, 6.45) is 0.345. The van der Waals surface area contributed by atoms with Crippen molar-refractivity contribution in [2.24, 2.45) is 0 Å². The van der Waals surface area contributed by atoms with Gasteiger partial charge in [0.25, 0.3) is 0 Å². The molecule has 0 spiro atoms. The van der Waals surface area contributed by atoms with Gasteiger partial charge in [-0.05, 0) is 19.1 Å². The number of ether oxygens (including phenoxy) is 1. The monoisotopic (exact) mass is 276 g/mol. The number of amides is 1. The molecule has 0 radical (unpaired) electrons. The second-order valence-electron chi connectivity index (χ2n) is 4.05. The number of nitrogens with one attached hydrogen (secondary N) is 1. The minimum Gasteiger partial charge on any atom is -0.493 e. The van der Waals surface area contributed by atoms with Crippen LogP contribution in [0.1, 0.15) is 17.1 Å². The number of benzene rings is 1. The first kappa shape index (κ1) is 13.5. The van der Waals surface area contributed by atoms with Gasteiger partial charge in [-0.15, -0.1) is 11.3 Å². The van der Waals surface area contributed by atoms with Crippen LogP contribution in [0.3, 0.4) is 0 Å². The third-order valence-electron chi connectivity index (χ3n) is 2.47. The quantitative estimate of drug-likeness (QED) is 0.882. The Kier molecular flexibility index (Phi) is 4.92. The Morgan fingerprint density at radius 2 is 2.16 bits per heavy atom. The predicted octanol–water partition coefficient (Wildman–Crippen LogP) is 2.54. The van der Waals surface area contributed by atoms with Crippen molar-refractivity contribution in [2.45, 2.75) is 19.9 Å². The number of carbonyl (C=O) groups is 1. The molecule has 1 N–H and O–H groups in total. The van der Waals surface area contributed by atoms with Crippen molar-refractivity contribution >= 4 is 17.2 Å². The number of thiazole rings is 1. The van der Waals surface area contributed by atoms with Crippen LogP contribution in [0.15, 0.2) is 35.7 Å². The molecule has 5 heteroatoms. The summed E-state index contributed by atoms with van der Waals surface area (Å²) in [5.74, 6) is 0.756. The molecule has 0 aliphatic heterocycles. The lowest BCUT2D eigenvalue weighted by Crippen LogP contribution is -2.24. The van der Waals surface area contributed by atoms with Gasteiger partial charge in [-0.2, -0.15) is 0 Å². The maximum absolute atomic E-state index is 11.6. The summed E-state index contributed by atoms with van der Waals surface area (Å²) < 4.78 is 5.46. The Morgan fingerprint density at radius 1 is 1.37 bits per heavy atom. The minimum absolute atomic E-state index is 0.0263. The van der Waals surface area contributed by atoms with E-state index in [4.69, 9.17) is 4.74 Å². The Morgan fingerprint density at radius 3 is 2.84 bits per heavy atom. The summed E-state index contributed by atoms with van der Waals surface area (Å²) in [5, 5.41) is 5.79. The van der Waals surface area contributed by atoms with Crippen molar-refractivity contribution in [1.82, 2.24) is 10.3 Å². The van der Waals surface area contributed by atoms with Gasteiger partial charge in [0.1, 0.15) is 5.75 Å². The lowest BCUT2D eigenvalue weighted by Gasteiger charge is -2.06. The van der Waals surface area contributed by atoms with Crippen LogP contribution in [0.2, 0.25) is 0 Å². The summed E-state index contributed by atoms with van der Waals surface area (Å²) in [6, 6.07) is 9.47. The number of nitrogens with zero attached hydrogens (tertiary/aromatic N) is 1. The molecule has 0 saturated heterocycles. The average molecular weight is 276 g/mol. The fourth-order valence-corrected chi connectivity index (χ4v) is 2.16. The van der Waals surface area contributed by atoms with Crippen LogP contribution < -0.4 is 10.1 Å². The SMILES string of the molecule is Cc1nc(CNC(=O)CCOc2ccccc2)cs1. The van der Waals surface area contributed by atoms with E-state index < -0.39 is 0 Å². The van der Waals surface area contributed by atoms with Crippen molar-refractivity contribution < 1.29 is 9.53 Å². The number of para-hydroxylation sites is 1. The molecule has 1 heterocycles. The lowest BCUT2D eigenvalue weighted by molar-refractivity contribution is -0.121. The highest BCUT2D eigenvalue weighted by atomic mass is 32.1. The molecule has 0 aliphatic carbocycles. The molecule has 0 unspecified atom stereocenters. The first-order valence-electron chi connectivity index (χ1n) is 6.09. The molecule has 0 aliphatic rings. The molecule has 1 aromatic heterocycles. The molecular weight excluding hydrogens is 260 g/mol. The summed E-state index contributed by atoms with van der Waals surface area (Å²) in [7, 11) is 0. The molecule has 19 heavy (non-hydrogen) atoms. The van der Waals surface area contributed by atoms with E-state index >= 15 is 0 Å².